The van der Waals surface area contributed by atoms with E-state index in [4.69, 9.17) is 0 Å². The normalized spacial score (nSPS) is 12.3. The maximum absolute atomic E-state index is 3.65. The van der Waals surface area contributed by atoms with Crippen molar-refractivity contribution >= 4 is 15.9 Å². The minimum atomic E-state index is 0.553. The molecule has 2 rings (SSSR count). The van der Waals surface area contributed by atoms with E-state index in [1.165, 1.54) is 34.9 Å². The van der Waals surface area contributed by atoms with Crippen LogP contribution in [0.2, 0.25) is 0 Å². The number of rotatable bonds is 8. The van der Waals surface area contributed by atoms with Crippen molar-refractivity contribution < 1.29 is 0 Å². The number of likely N-dealkylation sites (N-methyl/N-ethyl adjacent to an activating group) is 1. The Morgan fingerprint density at radius 2 is 1.71 bits per heavy atom. The molecule has 2 aromatic carbocycles. The van der Waals surface area contributed by atoms with Gasteiger partial charge in [0, 0.05) is 10.5 Å². The lowest BCUT2D eigenvalue weighted by atomic mass is 9.99. The first-order chi connectivity index (χ1) is 10.3. The highest BCUT2D eigenvalue weighted by Crippen LogP contribution is 2.19. The molecule has 0 spiro atoms. The maximum atomic E-state index is 3.65. The molecule has 0 saturated heterocycles. The molecule has 2 aromatic rings. The van der Waals surface area contributed by atoms with Gasteiger partial charge in [0.1, 0.15) is 0 Å². The monoisotopic (exact) mass is 345 g/mol. The quantitative estimate of drug-likeness (QED) is 0.710. The van der Waals surface area contributed by atoms with Crippen molar-refractivity contribution in [3.05, 3.63) is 70.2 Å². The van der Waals surface area contributed by atoms with Crippen molar-refractivity contribution in [1.82, 2.24) is 5.32 Å². The van der Waals surface area contributed by atoms with Crippen molar-refractivity contribution in [2.75, 3.05) is 6.54 Å². The van der Waals surface area contributed by atoms with E-state index in [2.05, 4.69) is 82.8 Å². The van der Waals surface area contributed by atoms with Gasteiger partial charge in [0.2, 0.25) is 0 Å². The fraction of sp³-hybridized carbons (Fsp3) is 0.368. The van der Waals surface area contributed by atoms with Gasteiger partial charge in [-0.1, -0.05) is 71.4 Å². The summed E-state index contributed by atoms with van der Waals surface area (Å²) >= 11 is 3.65. The molecule has 0 saturated carbocycles. The van der Waals surface area contributed by atoms with Gasteiger partial charge in [-0.2, -0.15) is 0 Å². The van der Waals surface area contributed by atoms with Crippen LogP contribution in [0.15, 0.2) is 59.1 Å². The van der Waals surface area contributed by atoms with Crippen molar-refractivity contribution in [3.63, 3.8) is 0 Å². The Balaban J connectivity index is 1.86. The molecule has 1 N–H and O–H groups in total. The minimum absolute atomic E-state index is 0.553. The Bertz CT molecular complexity index is 524. The average molecular weight is 346 g/mol. The smallest absolute Gasteiger partial charge is 0.0207 e. The highest BCUT2D eigenvalue weighted by Gasteiger charge is 2.10. The fourth-order valence-corrected chi connectivity index (χ4v) is 3.14. The third kappa shape index (κ3) is 5.64. The molecule has 0 aromatic heterocycles. The summed E-state index contributed by atoms with van der Waals surface area (Å²) in [5.74, 6) is 0. The van der Waals surface area contributed by atoms with Crippen LogP contribution in [0.1, 0.15) is 30.9 Å². The SMILES string of the molecule is CCNC(CCCc1ccccc1)Cc1ccccc1Br. The van der Waals surface area contributed by atoms with Crippen LogP contribution in [0.4, 0.5) is 0 Å². The minimum Gasteiger partial charge on any atom is -0.314 e. The molecule has 1 atom stereocenters. The predicted molar refractivity (Wildman–Crippen MR) is 94.7 cm³/mol. The van der Waals surface area contributed by atoms with E-state index in [1.54, 1.807) is 0 Å². The highest BCUT2D eigenvalue weighted by atomic mass is 79.9. The Hall–Kier alpha value is -1.12. The third-order valence-electron chi connectivity index (χ3n) is 3.78. The van der Waals surface area contributed by atoms with Crippen LogP contribution in [0.5, 0.6) is 0 Å². The Morgan fingerprint density at radius 1 is 1.00 bits per heavy atom. The van der Waals surface area contributed by atoms with Crippen LogP contribution < -0.4 is 5.32 Å². The molecule has 0 aliphatic rings. The molecule has 112 valence electrons. The van der Waals surface area contributed by atoms with Gasteiger partial charge in [-0.15, -0.1) is 0 Å². The molecule has 0 heterocycles. The summed E-state index contributed by atoms with van der Waals surface area (Å²) in [5, 5.41) is 3.62. The highest BCUT2D eigenvalue weighted by molar-refractivity contribution is 9.10. The number of benzene rings is 2. The van der Waals surface area contributed by atoms with Crippen LogP contribution in [0.25, 0.3) is 0 Å². The van der Waals surface area contributed by atoms with Crippen LogP contribution in [-0.2, 0) is 12.8 Å². The van der Waals surface area contributed by atoms with E-state index in [-0.39, 0.29) is 0 Å². The maximum Gasteiger partial charge on any atom is 0.0207 e. The van der Waals surface area contributed by atoms with E-state index in [0.29, 0.717) is 6.04 Å². The number of nitrogens with one attached hydrogen (secondary N) is 1. The van der Waals surface area contributed by atoms with Gasteiger partial charge < -0.3 is 5.32 Å². The zero-order chi connectivity index (χ0) is 14.9. The molecule has 0 fully saturated rings. The Kier molecular flexibility index (Phi) is 6.98. The zero-order valence-electron chi connectivity index (χ0n) is 12.7. The van der Waals surface area contributed by atoms with Gasteiger partial charge >= 0.3 is 0 Å². The van der Waals surface area contributed by atoms with Crippen molar-refractivity contribution in [3.8, 4) is 0 Å². The summed E-state index contributed by atoms with van der Waals surface area (Å²) in [6.45, 7) is 3.21. The van der Waals surface area contributed by atoms with E-state index < -0.39 is 0 Å². The summed E-state index contributed by atoms with van der Waals surface area (Å²) in [7, 11) is 0. The molecule has 1 unspecified atom stereocenters. The number of aryl methyl sites for hydroxylation is 1. The second-order valence-electron chi connectivity index (χ2n) is 5.43. The number of hydrogen-bond acceptors (Lipinski definition) is 1. The summed E-state index contributed by atoms with van der Waals surface area (Å²) in [6.07, 6.45) is 4.69. The first-order valence-electron chi connectivity index (χ1n) is 7.80. The largest absolute Gasteiger partial charge is 0.314 e. The summed E-state index contributed by atoms with van der Waals surface area (Å²) in [5.41, 5.74) is 2.83. The predicted octanol–water partition coefficient (Wildman–Crippen LogP) is 4.99. The summed E-state index contributed by atoms with van der Waals surface area (Å²) in [6, 6.07) is 19.9. The van der Waals surface area contributed by atoms with Crippen molar-refractivity contribution in [1.29, 1.82) is 0 Å². The van der Waals surface area contributed by atoms with E-state index >= 15 is 0 Å². The first-order valence-corrected chi connectivity index (χ1v) is 8.59. The average Bonchev–Trinajstić information content (AvgIpc) is 2.51. The molecule has 0 aliphatic carbocycles. The van der Waals surface area contributed by atoms with Crippen LogP contribution >= 0.6 is 15.9 Å². The molecule has 0 aliphatic heterocycles. The van der Waals surface area contributed by atoms with Gasteiger partial charge in [0.25, 0.3) is 0 Å². The van der Waals surface area contributed by atoms with Gasteiger partial charge in [-0.05, 0) is 49.4 Å². The molecular formula is C19H24BrN. The van der Waals surface area contributed by atoms with Gasteiger partial charge in [-0.3, -0.25) is 0 Å². The summed E-state index contributed by atoms with van der Waals surface area (Å²) in [4.78, 5) is 0. The van der Waals surface area contributed by atoms with E-state index in [0.717, 1.165) is 13.0 Å². The molecule has 2 heteroatoms. The van der Waals surface area contributed by atoms with Crippen LogP contribution in [0, 0.1) is 0 Å². The van der Waals surface area contributed by atoms with Gasteiger partial charge in [-0.25, -0.2) is 0 Å². The van der Waals surface area contributed by atoms with Crippen molar-refractivity contribution in [2.24, 2.45) is 0 Å². The molecule has 0 amide bonds. The van der Waals surface area contributed by atoms with Crippen LogP contribution in [0.3, 0.4) is 0 Å². The Morgan fingerprint density at radius 3 is 2.43 bits per heavy atom. The van der Waals surface area contributed by atoms with Crippen molar-refractivity contribution in [2.45, 2.75) is 38.6 Å². The topological polar surface area (TPSA) is 12.0 Å². The van der Waals surface area contributed by atoms with E-state index in [9.17, 15) is 0 Å². The van der Waals surface area contributed by atoms with Gasteiger partial charge in [0.05, 0.1) is 0 Å². The lowest BCUT2D eigenvalue weighted by Crippen LogP contribution is -2.31. The third-order valence-corrected chi connectivity index (χ3v) is 4.55. The number of halogens is 1. The fourth-order valence-electron chi connectivity index (χ4n) is 2.69. The standard InChI is InChI=1S/C19H24BrN/c1-2-21-18(15-17-12-6-7-14-19(17)20)13-8-11-16-9-4-3-5-10-16/h3-7,9-10,12,14,18,21H,2,8,11,13,15H2,1H3. The molecular weight excluding hydrogens is 322 g/mol. The molecule has 1 nitrogen and oxygen atoms in total. The lowest BCUT2D eigenvalue weighted by Gasteiger charge is -2.18. The second-order valence-corrected chi connectivity index (χ2v) is 6.28. The molecule has 21 heavy (non-hydrogen) atoms. The molecule has 0 radical (unpaired) electrons. The van der Waals surface area contributed by atoms with E-state index in [1.807, 2.05) is 0 Å². The van der Waals surface area contributed by atoms with Crippen LogP contribution in [-0.4, -0.2) is 12.6 Å². The second kappa shape index (κ2) is 9.01. The lowest BCUT2D eigenvalue weighted by molar-refractivity contribution is 0.476. The molecule has 0 bridgehead atoms. The number of hydrogen-bond donors (Lipinski definition) is 1. The zero-order valence-corrected chi connectivity index (χ0v) is 14.3. The Labute approximate surface area is 136 Å². The van der Waals surface area contributed by atoms with Gasteiger partial charge in [0.15, 0.2) is 0 Å². The summed E-state index contributed by atoms with van der Waals surface area (Å²) < 4.78 is 1.22. The first kappa shape index (κ1) is 16.3.